The van der Waals surface area contributed by atoms with Crippen LogP contribution < -0.4 is 0 Å². The van der Waals surface area contributed by atoms with Crippen LogP contribution in [0, 0.1) is 11.8 Å². The van der Waals surface area contributed by atoms with Crippen LogP contribution in [-0.2, 0) is 11.2 Å². The molecular weight excluding hydrogens is 288 g/mol. The molecule has 0 amide bonds. The first kappa shape index (κ1) is 16.3. The molecule has 0 bridgehead atoms. The van der Waals surface area contributed by atoms with Crippen molar-refractivity contribution < 1.29 is 14.6 Å². The number of halogens is 1. The van der Waals surface area contributed by atoms with Crippen molar-refractivity contribution in [3.8, 4) is 0 Å². The fraction of sp³-hybridized carbons (Fsp3) is 0.588. The van der Waals surface area contributed by atoms with Crippen LogP contribution in [0.25, 0.3) is 0 Å². The Morgan fingerprint density at radius 1 is 1.33 bits per heavy atom. The Balaban J connectivity index is 1.84. The summed E-state index contributed by atoms with van der Waals surface area (Å²) in [6.07, 6.45) is 4.52. The average Bonchev–Trinajstić information content (AvgIpc) is 2.83. The fourth-order valence-electron chi connectivity index (χ4n) is 2.98. The number of carbonyl (C=O) groups excluding carboxylic acids is 1. The van der Waals surface area contributed by atoms with Gasteiger partial charge >= 0.3 is 5.97 Å². The molecule has 3 nitrogen and oxygen atoms in total. The van der Waals surface area contributed by atoms with Crippen molar-refractivity contribution in [1.29, 1.82) is 0 Å². The van der Waals surface area contributed by atoms with E-state index in [4.69, 9.17) is 21.4 Å². The Labute approximate surface area is 131 Å². The number of alkyl halides is 1. The van der Waals surface area contributed by atoms with Gasteiger partial charge in [-0.25, -0.2) is 4.79 Å². The van der Waals surface area contributed by atoms with Gasteiger partial charge in [0.05, 0.1) is 12.2 Å². The summed E-state index contributed by atoms with van der Waals surface area (Å²) in [6.45, 7) is 2.14. The number of rotatable bonds is 6. The highest BCUT2D eigenvalue weighted by molar-refractivity contribution is 6.20. The zero-order valence-electron chi connectivity index (χ0n) is 12.4. The minimum atomic E-state index is -0.384. The molecule has 1 aromatic carbocycles. The van der Waals surface area contributed by atoms with Gasteiger partial charge in [-0.3, -0.25) is 0 Å². The summed E-state index contributed by atoms with van der Waals surface area (Å²) in [5.74, 6) is 0.922. The Morgan fingerprint density at radius 2 is 2.05 bits per heavy atom. The molecule has 1 aliphatic carbocycles. The second-order valence-electron chi connectivity index (χ2n) is 5.81. The number of ether oxygens (including phenoxy) is 1. The molecule has 0 saturated heterocycles. The minimum Gasteiger partial charge on any atom is -0.460 e. The second kappa shape index (κ2) is 7.81. The van der Waals surface area contributed by atoms with Gasteiger partial charge in [0.15, 0.2) is 0 Å². The van der Waals surface area contributed by atoms with Gasteiger partial charge in [-0.2, -0.15) is 0 Å². The first-order valence-electron chi connectivity index (χ1n) is 7.63. The third-order valence-electron chi connectivity index (χ3n) is 4.45. The lowest BCUT2D eigenvalue weighted by Crippen LogP contribution is -2.11. The molecule has 1 aliphatic rings. The summed E-state index contributed by atoms with van der Waals surface area (Å²) < 4.78 is 4.88. The van der Waals surface area contributed by atoms with Gasteiger partial charge in [0, 0.05) is 5.38 Å². The number of aliphatic hydroxyl groups is 1. The number of carbonyl (C=O) groups is 1. The number of aliphatic hydroxyl groups excluding tert-OH is 1. The van der Waals surface area contributed by atoms with Gasteiger partial charge in [-0.1, -0.05) is 19.1 Å². The third-order valence-corrected chi connectivity index (χ3v) is 5.06. The van der Waals surface area contributed by atoms with Gasteiger partial charge in [0.2, 0.25) is 0 Å². The van der Waals surface area contributed by atoms with Crippen molar-refractivity contribution in [3.63, 3.8) is 0 Å². The van der Waals surface area contributed by atoms with Crippen LogP contribution in [0.5, 0.6) is 0 Å². The molecule has 3 atom stereocenters. The van der Waals surface area contributed by atoms with Crippen LogP contribution in [0.4, 0.5) is 0 Å². The molecule has 1 fully saturated rings. The average molecular weight is 311 g/mol. The van der Waals surface area contributed by atoms with E-state index in [9.17, 15) is 4.79 Å². The Hall–Kier alpha value is -1.06. The molecule has 0 heterocycles. The van der Waals surface area contributed by atoms with Gasteiger partial charge in [-0.05, 0) is 55.2 Å². The molecule has 2 unspecified atom stereocenters. The zero-order chi connectivity index (χ0) is 15.2. The smallest absolute Gasteiger partial charge is 0.338 e. The lowest BCUT2D eigenvalue weighted by atomic mass is 9.91. The van der Waals surface area contributed by atoms with Crippen LogP contribution in [0.1, 0.15) is 42.1 Å². The Kier molecular flexibility index (Phi) is 6.07. The van der Waals surface area contributed by atoms with E-state index in [-0.39, 0.29) is 19.2 Å². The molecule has 1 saturated carbocycles. The standard InChI is InChI=1S/C17H23ClO3/c1-12-14(8-9-16(12)18)5-2-13-3-6-15(7-4-13)17(20)21-11-10-19/h3-4,6-7,12,14,16,19H,2,5,8-11H2,1H3/t12?,14-,16?/m0/s1. The second-order valence-corrected chi connectivity index (χ2v) is 6.37. The van der Waals surface area contributed by atoms with Crippen LogP contribution >= 0.6 is 11.6 Å². The molecule has 0 radical (unpaired) electrons. The summed E-state index contributed by atoms with van der Waals surface area (Å²) in [7, 11) is 0. The number of hydrogen-bond donors (Lipinski definition) is 1. The predicted molar refractivity (Wildman–Crippen MR) is 83.7 cm³/mol. The van der Waals surface area contributed by atoms with E-state index in [2.05, 4.69) is 6.92 Å². The monoisotopic (exact) mass is 310 g/mol. The molecule has 2 rings (SSSR count). The molecule has 116 valence electrons. The summed E-state index contributed by atoms with van der Waals surface area (Å²) in [5.41, 5.74) is 1.76. The minimum absolute atomic E-state index is 0.0414. The van der Waals surface area contributed by atoms with Crippen LogP contribution in [0.2, 0.25) is 0 Å². The summed E-state index contributed by atoms with van der Waals surface area (Å²) >= 11 is 6.27. The lowest BCUT2D eigenvalue weighted by molar-refractivity contribution is 0.0434. The van der Waals surface area contributed by atoms with E-state index in [1.54, 1.807) is 12.1 Å². The van der Waals surface area contributed by atoms with Crippen LogP contribution in [-0.4, -0.2) is 29.7 Å². The first-order valence-corrected chi connectivity index (χ1v) is 8.06. The maximum Gasteiger partial charge on any atom is 0.338 e. The highest BCUT2D eigenvalue weighted by Crippen LogP contribution is 2.37. The van der Waals surface area contributed by atoms with Crippen molar-refractivity contribution in [3.05, 3.63) is 35.4 Å². The summed E-state index contributed by atoms with van der Waals surface area (Å²) in [6, 6.07) is 7.54. The number of benzene rings is 1. The molecule has 1 aromatic rings. The fourth-order valence-corrected chi connectivity index (χ4v) is 3.31. The highest BCUT2D eigenvalue weighted by Gasteiger charge is 2.30. The first-order chi connectivity index (χ1) is 10.1. The molecule has 0 spiro atoms. The third kappa shape index (κ3) is 4.45. The molecule has 0 aliphatic heterocycles. The van der Waals surface area contributed by atoms with Gasteiger partial charge in [0.25, 0.3) is 0 Å². The zero-order valence-corrected chi connectivity index (χ0v) is 13.2. The molecule has 21 heavy (non-hydrogen) atoms. The van der Waals surface area contributed by atoms with Crippen molar-refractivity contribution in [2.75, 3.05) is 13.2 Å². The van der Waals surface area contributed by atoms with Crippen LogP contribution in [0.3, 0.4) is 0 Å². The Morgan fingerprint density at radius 3 is 2.62 bits per heavy atom. The Bertz CT molecular complexity index is 458. The summed E-state index contributed by atoms with van der Waals surface area (Å²) in [4.78, 5) is 11.6. The summed E-state index contributed by atoms with van der Waals surface area (Å²) in [5, 5.41) is 8.97. The van der Waals surface area contributed by atoms with E-state index in [1.165, 1.54) is 12.0 Å². The SMILES string of the molecule is CC1C(Cl)CC[C@@H]1CCc1ccc(C(=O)OCCO)cc1. The number of esters is 1. The van der Waals surface area contributed by atoms with E-state index in [0.29, 0.717) is 22.8 Å². The molecule has 1 N–H and O–H groups in total. The quantitative estimate of drug-likeness (QED) is 0.647. The molecular formula is C17H23ClO3. The number of aryl methyl sites for hydroxylation is 1. The maximum absolute atomic E-state index is 11.6. The highest BCUT2D eigenvalue weighted by atomic mass is 35.5. The van der Waals surface area contributed by atoms with E-state index < -0.39 is 0 Å². The molecule has 0 aromatic heterocycles. The predicted octanol–water partition coefficient (Wildman–Crippen LogP) is 3.42. The van der Waals surface area contributed by atoms with E-state index in [0.717, 1.165) is 19.3 Å². The topological polar surface area (TPSA) is 46.5 Å². The maximum atomic E-state index is 11.6. The van der Waals surface area contributed by atoms with Crippen molar-refractivity contribution in [1.82, 2.24) is 0 Å². The normalized spacial score (nSPS) is 25.0. The van der Waals surface area contributed by atoms with Crippen molar-refractivity contribution in [2.24, 2.45) is 11.8 Å². The largest absolute Gasteiger partial charge is 0.460 e. The van der Waals surface area contributed by atoms with Crippen molar-refractivity contribution >= 4 is 17.6 Å². The molecule has 4 heteroatoms. The van der Waals surface area contributed by atoms with Gasteiger partial charge in [-0.15, -0.1) is 11.6 Å². The van der Waals surface area contributed by atoms with Gasteiger partial charge in [0.1, 0.15) is 6.61 Å². The van der Waals surface area contributed by atoms with Gasteiger partial charge < -0.3 is 9.84 Å². The lowest BCUT2D eigenvalue weighted by Gasteiger charge is -2.16. The van der Waals surface area contributed by atoms with E-state index >= 15 is 0 Å². The van der Waals surface area contributed by atoms with Crippen molar-refractivity contribution in [2.45, 2.75) is 38.0 Å². The number of hydrogen-bond acceptors (Lipinski definition) is 3. The van der Waals surface area contributed by atoms with E-state index in [1.807, 2.05) is 12.1 Å². The van der Waals surface area contributed by atoms with Crippen LogP contribution in [0.15, 0.2) is 24.3 Å².